The Hall–Kier alpha value is -2.83. The Balaban J connectivity index is 0.000000831. The first-order valence-electron chi connectivity index (χ1n) is 16.6. The van der Waals surface area contributed by atoms with Crippen LogP contribution in [0.3, 0.4) is 0 Å². The normalized spacial score (nSPS) is 24.3. The smallest absolute Gasteiger partial charge is 0.306 e. The standard InChI is InChI=1S/C18H30O4.C17H28O5.H2O3/c1-5-6-14-7-10-18(11-8-14,13-15(19)20)12-9-16(21)22-17(2,3)4;1-16(2,3)22-15(21)6-10-17(12-14(19)20)8-4-13(5-9-17)7-11-18;1-3-2/h5,14H,1,6-13H2,2-4H3,(H,19,20);11,13H,4-10,12H2,1-3H3,(H,19,20);1-2H. The van der Waals surface area contributed by atoms with Crippen molar-refractivity contribution in [2.75, 3.05) is 0 Å². The molecule has 2 rings (SSSR count). The third-order valence-electron chi connectivity index (χ3n) is 8.87. The van der Waals surface area contributed by atoms with Crippen molar-refractivity contribution < 1.29 is 59.2 Å². The maximum Gasteiger partial charge on any atom is 0.306 e. The number of aldehydes is 1. The number of carbonyl (C=O) groups is 5. The topological polar surface area (TPSA) is 194 Å². The number of ether oxygens (including phenoxy) is 2. The van der Waals surface area contributed by atoms with Crippen molar-refractivity contribution in [3.05, 3.63) is 12.7 Å². The van der Waals surface area contributed by atoms with Gasteiger partial charge in [-0.2, -0.15) is 0 Å². The van der Waals surface area contributed by atoms with Crippen LogP contribution in [0.2, 0.25) is 0 Å². The number of hydrogen-bond acceptors (Lipinski definition) is 10. The van der Waals surface area contributed by atoms with Crippen molar-refractivity contribution in [1.82, 2.24) is 0 Å². The second kappa shape index (κ2) is 21.2. The number of carboxylic acid groups (broad SMARTS) is 2. The highest BCUT2D eigenvalue weighted by Crippen LogP contribution is 2.47. The van der Waals surface area contributed by atoms with Crippen molar-refractivity contribution in [3.8, 4) is 0 Å². The van der Waals surface area contributed by atoms with E-state index in [0.717, 1.165) is 64.1 Å². The predicted octanol–water partition coefficient (Wildman–Crippen LogP) is 7.63. The lowest BCUT2D eigenvalue weighted by Crippen LogP contribution is -2.32. The van der Waals surface area contributed by atoms with E-state index in [1.54, 1.807) is 0 Å². The fourth-order valence-corrected chi connectivity index (χ4v) is 6.61. The van der Waals surface area contributed by atoms with E-state index in [4.69, 9.17) is 20.0 Å². The second-order valence-corrected chi connectivity index (χ2v) is 15.2. The Kier molecular flexibility index (Phi) is 19.9. The van der Waals surface area contributed by atoms with Gasteiger partial charge in [-0.15, -0.1) is 6.58 Å². The minimum absolute atomic E-state index is 0.0869. The number of carboxylic acids is 2. The molecule has 0 aromatic heterocycles. The summed E-state index contributed by atoms with van der Waals surface area (Å²) in [6.45, 7) is 14.8. The lowest BCUT2D eigenvalue weighted by Gasteiger charge is -2.39. The molecule has 0 unspecified atom stereocenters. The fraction of sp³-hybridized carbons (Fsp3) is 0.800. The van der Waals surface area contributed by atoms with Crippen LogP contribution in [0, 0.1) is 22.7 Å². The SMILES string of the molecule is C=CCC1CCC(CCC(=O)OC(C)(C)C)(CC(=O)O)CC1.CC(C)(C)OC(=O)CCC1(CC(=O)O)CCC(CC=O)CC1.OOO. The van der Waals surface area contributed by atoms with Crippen molar-refractivity contribution in [3.63, 3.8) is 0 Å². The van der Waals surface area contributed by atoms with Crippen molar-refractivity contribution in [1.29, 1.82) is 0 Å². The molecule has 47 heavy (non-hydrogen) atoms. The highest BCUT2D eigenvalue weighted by molar-refractivity contribution is 5.71. The molecule has 0 spiro atoms. The van der Waals surface area contributed by atoms with Gasteiger partial charge in [0.2, 0.25) is 0 Å². The predicted molar refractivity (Wildman–Crippen MR) is 175 cm³/mol. The quantitative estimate of drug-likeness (QED) is 0.0464. The maximum atomic E-state index is 11.9. The first-order valence-corrected chi connectivity index (χ1v) is 16.6. The van der Waals surface area contributed by atoms with Gasteiger partial charge in [0.25, 0.3) is 0 Å². The summed E-state index contributed by atoms with van der Waals surface area (Å²) in [6.07, 6.45) is 13.4. The zero-order valence-corrected chi connectivity index (χ0v) is 29.4. The van der Waals surface area contributed by atoms with Crippen LogP contribution in [0.4, 0.5) is 0 Å². The summed E-state index contributed by atoms with van der Waals surface area (Å²) >= 11 is 0. The van der Waals surface area contributed by atoms with Crippen molar-refractivity contribution in [2.24, 2.45) is 22.7 Å². The molecule has 2 saturated carbocycles. The van der Waals surface area contributed by atoms with Crippen LogP contribution in [0.1, 0.15) is 144 Å². The molecule has 12 nitrogen and oxygen atoms in total. The van der Waals surface area contributed by atoms with E-state index in [0.29, 0.717) is 37.5 Å². The average molecular weight is 673 g/mol. The molecule has 0 amide bonds. The van der Waals surface area contributed by atoms with Crippen LogP contribution >= 0.6 is 0 Å². The van der Waals surface area contributed by atoms with Gasteiger partial charge in [0.1, 0.15) is 17.5 Å². The summed E-state index contributed by atoms with van der Waals surface area (Å²) in [5.74, 6) is -1.12. The van der Waals surface area contributed by atoms with Crippen LogP contribution in [0.25, 0.3) is 0 Å². The number of allylic oxidation sites excluding steroid dienone is 1. The van der Waals surface area contributed by atoms with Crippen LogP contribution in [0.5, 0.6) is 0 Å². The molecule has 12 heteroatoms. The zero-order valence-electron chi connectivity index (χ0n) is 29.4. The minimum Gasteiger partial charge on any atom is -0.481 e. The van der Waals surface area contributed by atoms with Gasteiger partial charge >= 0.3 is 23.9 Å². The van der Waals surface area contributed by atoms with Gasteiger partial charge in [-0.1, -0.05) is 11.1 Å². The summed E-state index contributed by atoms with van der Waals surface area (Å²) in [5, 5.41) is 33.9. The molecule has 0 atom stereocenters. The molecule has 0 saturated heterocycles. The van der Waals surface area contributed by atoms with E-state index in [2.05, 4.69) is 11.6 Å². The monoisotopic (exact) mass is 672 g/mol. The largest absolute Gasteiger partial charge is 0.481 e. The maximum absolute atomic E-state index is 11.9. The molecule has 0 radical (unpaired) electrons. The molecule has 0 aromatic rings. The first kappa shape index (κ1) is 44.2. The second-order valence-electron chi connectivity index (χ2n) is 15.2. The molecule has 0 aliphatic heterocycles. The number of aliphatic carboxylic acids is 2. The van der Waals surface area contributed by atoms with Crippen LogP contribution in [0.15, 0.2) is 12.7 Å². The van der Waals surface area contributed by atoms with Gasteiger partial charge < -0.3 is 24.5 Å². The third-order valence-corrected chi connectivity index (χ3v) is 8.87. The van der Waals surface area contributed by atoms with Gasteiger partial charge in [-0.05, 0) is 135 Å². The van der Waals surface area contributed by atoms with E-state index in [1.165, 1.54) is 0 Å². The van der Waals surface area contributed by atoms with Gasteiger partial charge in [0.15, 0.2) is 0 Å². The van der Waals surface area contributed by atoms with Crippen LogP contribution in [-0.2, 0) is 38.5 Å². The molecule has 2 fully saturated rings. The molecule has 2 aliphatic carbocycles. The van der Waals surface area contributed by atoms with E-state index < -0.39 is 23.1 Å². The van der Waals surface area contributed by atoms with E-state index in [1.807, 2.05) is 47.6 Å². The Morgan fingerprint density at radius 2 is 1.02 bits per heavy atom. The molecule has 0 heterocycles. The van der Waals surface area contributed by atoms with Crippen LogP contribution in [-0.4, -0.2) is 62.1 Å². The Morgan fingerprint density at radius 1 is 0.702 bits per heavy atom. The first-order chi connectivity index (χ1) is 21.7. The Labute approximate surface area is 280 Å². The van der Waals surface area contributed by atoms with E-state index >= 15 is 0 Å². The van der Waals surface area contributed by atoms with E-state index in [9.17, 15) is 34.2 Å². The Bertz CT molecular complexity index is 897. The van der Waals surface area contributed by atoms with Gasteiger partial charge in [-0.25, -0.2) is 10.5 Å². The molecule has 0 bridgehead atoms. The summed E-state index contributed by atoms with van der Waals surface area (Å²) in [6, 6.07) is 0. The number of esters is 2. The highest BCUT2D eigenvalue weighted by Gasteiger charge is 2.39. The molecule has 2 aliphatic rings. The molecule has 4 N–H and O–H groups in total. The molecular formula is C35H60O12. The van der Waals surface area contributed by atoms with Gasteiger partial charge in [0, 0.05) is 19.3 Å². The number of carbonyl (C=O) groups excluding carboxylic acids is 3. The van der Waals surface area contributed by atoms with Crippen molar-refractivity contribution >= 4 is 30.2 Å². The Morgan fingerprint density at radius 3 is 1.28 bits per heavy atom. The fourth-order valence-electron chi connectivity index (χ4n) is 6.61. The molecule has 272 valence electrons. The number of rotatable bonds is 14. The lowest BCUT2D eigenvalue weighted by atomic mass is 9.66. The molecule has 0 aromatic carbocycles. The summed E-state index contributed by atoms with van der Waals surface area (Å²) in [4.78, 5) is 56.8. The summed E-state index contributed by atoms with van der Waals surface area (Å²) < 4.78 is 10.6. The third kappa shape index (κ3) is 20.9. The summed E-state index contributed by atoms with van der Waals surface area (Å²) in [7, 11) is 0. The van der Waals surface area contributed by atoms with Gasteiger partial charge in [-0.3, -0.25) is 19.2 Å². The number of hydrogen-bond donors (Lipinski definition) is 4. The van der Waals surface area contributed by atoms with Gasteiger partial charge in [0.05, 0.1) is 12.8 Å². The molecular weight excluding hydrogens is 612 g/mol. The lowest BCUT2D eigenvalue weighted by molar-refractivity contribution is -0.465. The summed E-state index contributed by atoms with van der Waals surface area (Å²) in [5.41, 5.74) is -1.58. The van der Waals surface area contributed by atoms with Crippen LogP contribution < -0.4 is 0 Å². The van der Waals surface area contributed by atoms with E-state index in [-0.39, 0.29) is 42.0 Å². The average Bonchev–Trinajstić information content (AvgIpc) is 2.92. The highest BCUT2D eigenvalue weighted by atomic mass is 17.4. The van der Waals surface area contributed by atoms with Crippen molar-refractivity contribution in [2.45, 2.75) is 155 Å². The zero-order chi connectivity index (χ0) is 36.3. The minimum atomic E-state index is -0.821.